The maximum absolute atomic E-state index is 6.22. The van der Waals surface area contributed by atoms with Gasteiger partial charge in [0.15, 0.2) is 0 Å². The zero-order valence-electron chi connectivity index (χ0n) is 14.2. The van der Waals surface area contributed by atoms with E-state index in [0.29, 0.717) is 6.04 Å². The van der Waals surface area contributed by atoms with Crippen molar-refractivity contribution in [2.24, 2.45) is 0 Å². The zero-order valence-corrected chi connectivity index (χ0v) is 14.2. The van der Waals surface area contributed by atoms with Gasteiger partial charge in [0, 0.05) is 38.5 Å². The van der Waals surface area contributed by atoms with Crippen molar-refractivity contribution in [3.63, 3.8) is 0 Å². The first kappa shape index (κ1) is 16.6. The molecule has 23 heavy (non-hydrogen) atoms. The Morgan fingerprint density at radius 2 is 2.13 bits per heavy atom. The molecular formula is C18H28N2O3. The molecule has 1 spiro atoms. The molecule has 5 nitrogen and oxygen atoms in total. The molecule has 1 N–H and O–H groups in total. The van der Waals surface area contributed by atoms with Crippen LogP contribution in [0, 0.1) is 0 Å². The highest BCUT2D eigenvalue weighted by atomic mass is 16.5. The number of methoxy groups -OCH3 is 2. The molecule has 0 unspecified atom stereocenters. The summed E-state index contributed by atoms with van der Waals surface area (Å²) in [6.07, 6.45) is 3.32. The van der Waals surface area contributed by atoms with E-state index >= 15 is 0 Å². The monoisotopic (exact) mass is 320 g/mol. The lowest BCUT2D eigenvalue weighted by Crippen LogP contribution is -2.45. The minimum absolute atomic E-state index is 0.0695. The third kappa shape index (κ3) is 4.16. The number of likely N-dealkylation sites (tertiary alicyclic amines) is 1. The summed E-state index contributed by atoms with van der Waals surface area (Å²) in [7, 11) is 3.46. The van der Waals surface area contributed by atoms with E-state index in [9.17, 15) is 0 Å². The molecule has 2 saturated heterocycles. The van der Waals surface area contributed by atoms with Gasteiger partial charge in [-0.25, -0.2) is 0 Å². The van der Waals surface area contributed by atoms with Crippen molar-refractivity contribution in [3.05, 3.63) is 24.3 Å². The summed E-state index contributed by atoms with van der Waals surface area (Å²) in [6, 6.07) is 8.49. The molecule has 1 aromatic rings. The minimum Gasteiger partial charge on any atom is -0.497 e. The first-order valence-corrected chi connectivity index (χ1v) is 8.49. The lowest BCUT2D eigenvalue weighted by Gasteiger charge is -2.38. The molecule has 2 aliphatic rings. The number of rotatable bonds is 6. The van der Waals surface area contributed by atoms with Gasteiger partial charge in [0.2, 0.25) is 0 Å². The number of benzene rings is 1. The number of ether oxygens (including phenoxy) is 3. The van der Waals surface area contributed by atoms with Crippen molar-refractivity contribution in [2.45, 2.75) is 30.9 Å². The molecule has 128 valence electrons. The predicted molar refractivity (Wildman–Crippen MR) is 91.3 cm³/mol. The van der Waals surface area contributed by atoms with Gasteiger partial charge >= 0.3 is 0 Å². The Labute approximate surface area is 138 Å². The van der Waals surface area contributed by atoms with Crippen molar-refractivity contribution >= 4 is 5.69 Å². The minimum atomic E-state index is 0.0695. The van der Waals surface area contributed by atoms with E-state index in [4.69, 9.17) is 14.2 Å². The normalized spacial score (nSPS) is 24.0. The molecule has 0 bridgehead atoms. The number of piperidine rings is 1. The molecule has 0 saturated carbocycles. The zero-order chi connectivity index (χ0) is 16.1. The van der Waals surface area contributed by atoms with Crippen molar-refractivity contribution in [2.75, 3.05) is 52.4 Å². The summed E-state index contributed by atoms with van der Waals surface area (Å²) >= 11 is 0. The van der Waals surface area contributed by atoms with Gasteiger partial charge in [-0.2, -0.15) is 0 Å². The van der Waals surface area contributed by atoms with Gasteiger partial charge < -0.3 is 24.4 Å². The molecule has 5 heteroatoms. The molecule has 0 aromatic heterocycles. The predicted octanol–water partition coefficient (Wildman–Crippen LogP) is 2.38. The standard InChI is InChI=1S/C18H28N2O3/c1-21-11-10-20-8-6-18(7-9-20)13-16(14-23-18)19-15-4-3-5-17(12-15)22-2/h3-5,12,16,19H,6-11,13-14H2,1-2H3/t16-/m1/s1. The smallest absolute Gasteiger partial charge is 0.120 e. The Bertz CT molecular complexity index is 501. The van der Waals surface area contributed by atoms with Gasteiger partial charge in [-0.1, -0.05) is 6.07 Å². The summed E-state index contributed by atoms with van der Waals surface area (Å²) in [4.78, 5) is 2.47. The van der Waals surface area contributed by atoms with Gasteiger partial charge in [0.1, 0.15) is 5.75 Å². The highest BCUT2D eigenvalue weighted by molar-refractivity contribution is 5.49. The van der Waals surface area contributed by atoms with E-state index in [-0.39, 0.29) is 5.60 Å². The SMILES string of the molecule is COCCN1CCC2(CC1)C[C@@H](Nc1cccc(OC)c1)CO2. The van der Waals surface area contributed by atoms with Gasteiger partial charge in [0.25, 0.3) is 0 Å². The highest BCUT2D eigenvalue weighted by Gasteiger charge is 2.42. The lowest BCUT2D eigenvalue weighted by molar-refractivity contribution is -0.0459. The Kier molecular flexibility index (Phi) is 5.41. The fourth-order valence-electron chi connectivity index (χ4n) is 3.64. The van der Waals surface area contributed by atoms with Crippen LogP contribution >= 0.6 is 0 Å². The summed E-state index contributed by atoms with van der Waals surface area (Å²) in [5.74, 6) is 0.884. The van der Waals surface area contributed by atoms with Crippen LogP contribution in [-0.4, -0.2) is 63.6 Å². The number of hydrogen-bond acceptors (Lipinski definition) is 5. The molecular weight excluding hydrogens is 292 g/mol. The first-order valence-electron chi connectivity index (χ1n) is 8.49. The summed E-state index contributed by atoms with van der Waals surface area (Å²) in [6.45, 7) is 4.84. The Morgan fingerprint density at radius 3 is 2.87 bits per heavy atom. The molecule has 1 atom stereocenters. The Hall–Kier alpha value is -1.30. The van der Waals surface area contributed by atoms with E-state index in [1.165, 1.54) is 0 Å². The average molecular weight is 320 g/mol. The van der Waals surface area contributed by atoms with Crippen LogP contribution in [0.2, 0.25) is 0 Å². The second-order valence-electron chi connectivity index (χ2n) is 6.61. The van der Waals surface area contributed by atoms with E-state index in [1.807, 2.05) is 18.2 Å². The topological polar surface area (TPSA) is 43.0 Å². The van der Waals surface area contributed by atoms with Crippen molar-refractivity contribution in [1.29, 1.82) is 0 Å². The van der Waals surface area contributed by atoms with Gasteiger partial charge in [-0.15, -0.1) is 0 Å². The molecule has 1 aromatic carbocycles. The second-order valence-corrected chi connectivity index (χ2v) is 6.61. The molecule has 0 amide bonds. The maximum Gasteiger partial charge on any atom is 0.120 e. The van der Waals surface area contributed by atoms with Crippen molar-refractivity contribution in [1.82, 2.24) is 4.90 Å². The van der Waals surface area contributed by atoms with E-state index in [0.717, 1.165) is 63.5 Å². The van der Waals surface area contributed by atoms with Crippen LogP contribution in [0.25, 0.3) is 0 Å². The van der Waals surface area contributed by atoms with Gasteiger partial charge in [0.05, 0.1) is 32.0 Å². The van der Waals surface area contributed by atoms with Crippen LogP contribution in [0.15, 0.2) is 24.3 Å². The first-order chi connectivity index (χ1) is 11.2. The Balaban J connectivity index is 1.50. The third-order valence-corrected chi connectivity index (χ3v) is 5.03. The highest BCUT2D eigenvalue weighted by Crippen LogP contribution is 2.37. The molecule has 2 heterocycles. The van der Waals surface area contributed by atoms with E-state index < -0.39 is 0 Å². The van der Waals surface area contributed by atoms with Gasteiger partial charge in [-0.3, -0.25) is 0 Å². The van der Waals surface area contributed by atoms with Crippen LogP contribution in [-0.2, 0) is 9.47 Å². The van der Waals surface area contributed by atoms with E-state index in [2.05, 4.69) is 16.3 Å². The number of hydrogen-bond donors (Lipinski definition) is 1. The van der Waals surface area contributed by atoms with Crippen LogP contribution in [0.4, 0.5) is 5.69 Å². The molecule has 0 aliphatic carbocycles. The third-order valence-electron chi connectivity index (χ3n) is 5.03. The molecule has 2 fully saturated rings. The van der Waals surface area contributed by atoms with Crippen molar-refractivity contribution in [3.8, 4) is 5.75 Å². The molecule has 2 aliphatic heterocycles. The fraction of sp³-hybridized carbons (Fsp3) is 0.667. The second kappa shape index (κ2) is 7.51. The van der Waals surface area contributed by atoms with Crippen LogP contribution in [0.3, 0.4) is 0 Å². The average Bonchev–Trinajstić information content (AvgIpc) is 2.97. The fourth-order valence-corrected chi connectivity index (χ4v) is 3.64. The quantitative estimate of drug-likeness (QED) is 0.872. The summed E-state index contributed by atoms with van der Waals surface area (Å²) in [5, 5.41) is 3.59. The molecule has 0 radical (unpaired) electrons. The summed E-state index contributed by atoms with van der Waals surface area (Å²) in [5.41, 5.74) is 1.17. The largest absolute Gasteiger partial charge is 0.497 e. The summed E-state index contributed by atoms with van der Waals surface area (Å²) < 4.78 is 16.7. The number of nitrogens with one attached hydrogen (secondary N) is 1. The van der Waals surface area contributed by atoms with Crippen LogP contribution in [0.5, 0.6) is 5.75 Å². The van der Waals surface area contributed by atoms with Crippen LogP contribution in [0.1, 0.15) is 19.3 Å². The van der Waals surface area contributed by atoms with Crippen LogP contribution < -0.4 is 10.1 Å². The Morgan fingerprint density at radius 1 is 1.30 bits per heavy atom. The van der Waals surface area contributed by atoms with Crippen molar-refractivity contribution < 1.29 is 14.2 Å². The lowest BCUT2D eigenvalue weighted by atomic mass is 9.87. The number of anilines is 1. The maximum atomic E-state index is 6.22. The van der Waals surface area contributed by atoms with E-state index in [1.54, 1.807) is 14.2 Å². The number of nitrogens with zero attached hydrogens (tertiary/aromatic N) is 1. The van der Waals surface area contributed by atoms with Gasteiger partial charge in [-0.05, 0) is 31.4 Å². The molecule has 3 rings (SSSR count).